The maximum absolute atomic E-state index is 12.1. The van der Waals surface area contributed by atoms with E-state index >= 15 is 0 Å². The number of aliphatic hydroxyl groups excluding tert-OH is 1. The summed E-state index contributed by atoms with van der Waals surface area (Å²) in [6.07, 6.45) is 7.17. The van der Waals surface area contributed by atoms with Gasteiger partial charge in [-0.3, -0.25) is 4.79 Å². The molecule has 0 aromatic carbocycles. The number of amides is 1. The quantitative estimate of drug-likeness (QED) is 0.645. The van der Waals surface area contributed by atoms with Crippen LogP contribution in [-0.2, 0) is 0 Å². The van der Waals surface area contributed by atoms with Gasteiger partial charge in [0.2, 0.25) is 0 Å². The third-order valence-corrected chi connectivity index (χ3v) is 4.19. The van der Waals surface area contributed by atoms with Gasteiger partial charge in [-0.15, -0.1) is 11.3 Å². The molecule has 0 unspecified atom stereocenters. The van der Waals surface area contributed by atoms with Crippen molar-refractivity contribution in [1.82, 2.24) is 5.32 Å². The van der Waals surface area contributed by atoms with E-state index < -0.39 is 0 Å². The van der Waals surface area contributed by atoms with E-state index in [1.807, 2.05) is 5.38 Å². The summed E-state index contributed by atoms with van der Waals surface area (Å²) in [5.41, 5.74) is 0.677. The lowest BCUT2D eigenvalue weighted by Gasteiger charge is -2.15. The van der Waals surface area contributed by atoms with Crippen LogP contribution in [0.25, 0.3) is 0 Å². The number of carbonyl (C=O) groups is 1. The first-order chi connectivity index (χ1) is 9.29. The monoisotopic (exact) mass is 277 g/mol. The van der Waals surface area contributed by atoms with Crippen LogP contribution in [0, 0.1) is 11.8 Å². The fourth-order valence-electron chi connectivity index (χ4n) is 2.34. The van der Waals surface area contributed by atoms with E-state index in [1.54, 1.807) is 6.07 Å². The standard InChI is InChI=1S/C15H19NO2S/c17-9-5-8-14-10-12(11-19-14)15(18)16-13-6-3-1-2-4-7-13/h10-11,13,17H,1-4,6-7,9H2,(H,16,18). The molecule has 2 N–H and O–H groups in total. The number of hydrogen-bond acceptors (Lipinski definition) is 3. The molecule has 1 aromatic rings. The second-order valence-corrected chi connectivity index (χ2v) is 5.73. The third-order valence-electron chi connectivity index (χ3n) is 3.34. The number of hydrogen-bond donors (Lipinski definition) is 2. The zero-order chi connectivity index (χ0) is 13.5. The first-order valence-electron chi connectivity index (χ1n) is 6.78. The predicted octanol–water partition coefficient (Wildman–Crippen LogP) is 2.54. The fraction of sp³-hybridized carbons (Fsp3) is 0.533. The molecule has 1 saturated carbocycles. The van der Waals surface area contributed by atoms with Crippen molar-refractivity contribution >= 4 is 17.2 Å². The number of carbonyl (C=O) groups excluding carboxylic acids is 1. The van der Waals surface area contributed by atoms with E-state index in [1.165, 1.54) is 37.0 Å². The van der Waals surface area contributed by atoms with Crippen LogP contribution in [0.1, 0.15) is 53.8 Å². The minimum absolute atomic E-state index is 0.000184. The van der Waals surface area contributed by atoms with Gasteiger partial charge in [-0.1, -0.05) is 37.5 Å². The van der Waals surface area contributed by atoms with E-state index in [4.69, 9.17) is 5.11 Å². The maximum Gasteiger partial charge on any atom is 0.252 e. The van der Waals surface area contributed by atoms with Crippen molar-refractivity contribution < 1.29 is 9.90 Å². The Labute approximate surface area is 118 Å². The lowest BCUT2D eigenvalue weighted by molar-refractivity contribution is 0.0934. The summed E-state index contributed by atoms with van der Waals surface area (Å²) in [7, 11) is 0. The Hall–Kier alpha value is -1.31. The summed E-state index contributed by atoms with van der Waals surface area (Å²) in [6.45, 7) is -0.151. The van der Waals surface area contributed by atoms with Crippen molar-refractivity contribution in [2.75, 3.05) is 6.61 Å². The van der Waals surface area contributed by atoms with E-state index in [2.05, 4.69) is 17.2 Å². The molecular weight excluding hydrogens is 258 g/mol. The molecule has 0 radical (unpaired) electrons. The molecule has 1 heterocycles. The zero-order valence-electron chi connectivity index (χ0n) is 10.9. The Morgan fingerprint density at radius 1 is 1.37 bits per heavy atom. The van der Waals surface area contributed by atoms with Crippen LogP contribution < -0.4 is 5.32 Å². The predicted molar refractivity (Wildman–Crippen MR) is 77.2 cm³/mol. The van der Waals surface area contributed by atoms with Gasteiger partial charge < -0.3 is 10.4 Å². The highest BCUT2D eigenvalue weighted by atomic mass is 32.1. The molecular formula is C15H19NO2S. The van der Waals surface area contributed by atoms with Crippen molar-refractivity contribution in [3.63, 3.8) is 0 Å². The largest absolute Gasteiger partial charge is 0.384 e. The summed E-state index contributed by atoms with van der Waals surface area (Å²) < 4.78 is 0. The van der Waals surface area contributed by atoms with Gasteiger partial charge in [0, 0.05) is 11.4 Å². The highest BCUT2D eigenvalue weighted by molar-refractivity contribution is 7.10. The van der Waals surface area contributed by atoms with E-state index in [-0.39, 0.29) is 12.5 Å². The molecule has 0 saturated heterocycles. The van der Waals surface area contributed by atoms with Crippen LogP contribution in [0.5, 0.6) is 0 Å². The van der Waals surface area contributed by atoms with Gasteiger partial charge in [0.15, 0.2) is 0 Å². The molecule has 3 nitrogen and oxygen atoms in total. The average Bonchev–Trinajstić information content (AvgIpc) is 2.74. The van der Waals surface area contributed by atoms with Gasteiger partial charge in [0.05, 0.1) is 10.4 Å². The average molecular weight is 277 g/mol. The summed E-state index contributed by atoms with van der Waals surface area (Å²) in [5.74, 6) is 5.41. The first kappa shape index (κ1) is 14.1. The summed E-state index contributed by atoms with van der Waals surface area (Å²) in [4.78, 5) is 12.9. The zero-order valence-corrected chi connectivity index (χ0v) is 11.8. The second kappa shape index (κ2) is 7.32. The van der Waals surface area contributed by atoms with Gasteiger partial charge in [-0.2, -0.15) is 0 Å². The minimum atomic E-state index is -0.151. The van der Waals surface area contributed by atoms with Crippen LogP contribution in [0.4, 0.5) is 0 Å². The molecule has 4 heteroatoms. The molecule has 102 valence electrons. The Bertz CT molecular complexity index is 476. The Balaban J connectivity index is 1.93. The van der Waals surface area contributed by atoms with Crippen LogP contribution in [0.2, 0.25) is 0 Å². The van der Waals surface area contributed by atoms with Crippen molar-refractivity contribution in [2.24, 2.45) is 0 Å². The molecule has 1 aliphatic rings. The van der Waals surface area contributed by atoms with Crippen LogP contribution in [0.15, 0.2) is 11.4 Å². The van der Waals surface area contributed by atoms with Gasteiger partial charge in [0.1, 0.15) is 6.61 Å². The molecule has 0 aliphatic heterocycles. The molecule has 0 bridgehead atoms. The smallest absolute Gasteiger partial charge is 0.252 e. The number of nitrogens with one attached hydrogen (secondary N) is 1. The van der Waals surface area contributed by atoms with Crippen LogP contribution in [0.3, 0.4) is 0 Å². The highest BCUT2D eigenvalue weighted by Crippen LogP contribution is 2.19. The van der Waals surface area contributed by atoms with Gasteiger partial charge in [-0.25, -0.2) is 0 Å². The summed E-state index contributed by atoms with van der Waals surface area (Å²) in [5, 5.41) is 13.6. The molecule has 0 spiro atoms. The highest BCUT2D eigenvalue weighted by Gasteiger charge is 2.16. The molecule has 1 amide bonds. The molecule has 2 rings (SSSR count). The number of rotatable bonds is 2. The van der Waals surface area contributed by atoms with Gasteiger partial charge in [-0.05, 0) is 18.9 Å². The van der Waals surface area contributed by atoms with Gasteiger partial charge in [0.25, 0.3) is 5.91 Å². The summed E-state index contributed by atoms with van der Waals surface area (Å²) >= 11 is 1.44. The van der Waals surface area contributed by atoms with Gasteiger partial charge >= 0.3 is 0 Å². The van der Waals surface area contributed by atoms with Crippen molar-refractivity contribution in [2.45, 2.75) is 44.6 Å². The maximum atomic E-state index is 12.1. The van der Waals surface area contributed by atoms with Crippen LogP contribution >= 0.6 is 11.3 Å². The van der Waals surface area contributed by atoms with Crippen LogP contribution in [-0.4, -0.2) is 23.7 Å². The lowest BCUT2D eigenvalue weighted by atomic mass is 10.1. The Kier molecular flexibility index (Phi) is 5.44. The second-order valence-electron chi connectivity index (χ2n) is 4.82. The van der Waals surface area contributed by atoms with E-state index in [0.29, 0.717) is 11.6 Å². The molecule has 1 fully saturated rings. The topological polar surface area (TPSA) is 49.3 Å². The number of thiophene rings is 1. The molecule has 1 aromatic heterocycles. The van der Waals surface area contributed by atoms with Crippen molar-refractivity contribution in [1.29, 1.82) is 0 Å². The normalized spacial score (nSPS) is 16.3. The van der Waals surface area contributed by atoms with E-state index in [9.17, 15) is 4.79 Å². The SMILES string of the molecule is O=C(NC1CCCCCC1)c1csc(C#CCO)c1. The summed E-state index contributed by atoms with van der Waals surface area (Å²) in [6, 6.07) is 2.11. The van der Waals surface area contributed by atoms with E-state index in [0.717, 1.165) is 17.7 Å². The van der Waals surface area contributed by atoms with Crippen molar-refractivity contribution in [3.8, 4) is 11.8 Å². The third kappa shape index (κ3) is 4.38. The first-order valence-corrected chi connectivity index (χ1v) is 7.66. The lowest BCUT2D eigenvalue weighted by Crippen LogP contribution is -2.34. The molecule has 19 heavy (non-hydrogen) atoms. The minimum Gasteiger partial charge on any atom is -0.384 e. The number of aliphatic hydroxyl groups is 1. The Morgan fingerprint density at radius 3 is 2.79 bits per heavy atom. The Morgan fingerprint density at radius 2 is 2.11 bits per heavy atom. The molecule has 0 atom stereocenters. The fourth-order valence-corrected chi connectivity index (χ4v) is 3.10. The van der Waals surface area contributed by atoms with Crippen molar-refractivity contribution in [3.05, 3.63) is 21.9 Å². The molecule has 1 aliphatic carbocycles.